The molecule has 0 radical (unpaired) electrons. The summed E-state index contributed by atoms with van der Waals surface area (Å²) in [6.07, 6.45) is -0.00937. The first-order valence-electron chi connectivity index (χ1n) is 14.8. The van der Waals surface area contributed by atoms with Crippen LogP contribution in [0, 0.1) is 0 Å². The highest BCUT2D eigenvalue weighted by Crippen LogP contribution is 2.40. The number of benzene rings is 4. The molecule has 1 aliphatic heterocycles. The predicted octanol–water partition coefficient (Wildman–Crippen LogP) is 7.61. The first-order chi connectivity index (χ1) is 21.6. The second kappa shape index (κ2) is 14.4. The van der Waals surface area contributed by atoms with Crippen LogP contribution >= 0.6 is 23.1 Å². The van der Waals surface area contributed by atoms with Gasteiger partial charge in [0.2, 0.25) is 0 Å². The molecule has 44 heavy (non-hydrogen) atoms. The number of thioether (sulfide) groups is 1. The minimum atomic E-state index is -0.532. The molecule has 0 saturated carbocycles. The van der Waals surface area contributed by atoms with Crippen LogP contribution in [0.15, 0.2) is 101 Å². The molecule has 9 heteroatoms. The van der Waals surface area contributed by atoms with E-state index >= 15 is 0 Å². The fourth-order valence-electron chi connectivity index (χ4n) is 5.27. The number of fused-ring (bicyclic) bond motifs is 1. The summed E-state index contributed by atoms with van der Waals surface area (Å²) in [5, 5.41) is 15.2. The van der Waals surface area contributed by atoms with Gasteiger partial charge in [-0.1, -0.05) is 96.7 Å². The molecule has 0 bridgehead atoms. The van der Waals surface area contributed by atoms with Gasteiger partial charge in [-0.15, -0.1) is 11.3 Å². The Morgan fingerprint density at radius 3 is 2.45 bits per heavy atom. The Balaban J connectivity index is 1.20. The van der Waals surface area contributed by atoms with Crippen molar-refractivity contribution in [2.24, 2.45) is 0 Å². The van der Waals surface area contributed by atoms with Gasteiger partial charge in [0.1, 0.15) is 0 Å². The molecule has 0 unspecified atom stereocenters. The molecule has 4 aromatic carbocycles. The van der Waals surface area contributed by atoms with Crippen molar-refractivity contribution in [2.75, 3.05) is 12.3 Å². The highest BCUT2D eigenvalue weighted by Gasteiger charge is 2.32. The summed E-state index contributed by atoms with van der Waals surface area (Å²) in [5.41, 5.74) is 7.06. The average Bonchev–Trinajstić information content (AvgIpc) is 3.50. The number of thiazole rings is 1. The summed E-state index contributed by atoms with van der Waals surface area (Å²) < 4.78 is 15.3. The van der Waals surface area contributed by atoms with E-state index in [-0.39, 0.29) is 24.8 Å². The fraction of sp³-hybridized carbons (Fsp3) is 0.257. The van der Waals surface area contributed by atoms with Crippen molar-refractivity contribution < 1.29 is 19.4 Å². The van der Waals surface area contributed by atoms with Crippen LogP contribution in [-0.2, 0) is 22.6 Å². The second-order valence-electron chi connectivity index (χ2n) is 10.6. The topological polar surface area (TPSA) is 92.7 Å². The molecule has 5 aromatic rings. The number of nitrogens with one attached hydrogen (secondary N) is 2. The molecule has 2 heterocycles. The van der Waals surface area contributed by atoms with Crippen LogP contribution in [0.25, 0.3) is 21.3 Å². The fourth-order valence-corrected chi connectivity index (χ4v) is 7.39. The average molecular weight is 626 g/mol. The summed E-state index contributed by atoms with van der Waals surface area (Å²) in [6, 6.07) is 32.4. The lowest BCUT2D eigenvalue weighted by molar-refractivity contribution is -0.245. The van der Waals surface area contributed by atoms with E-state index in [1.54, 1.807) is 23.1 Å². The Morgan fingerprint density at radius 1 is 0.932 bits per heavy atom. The van der Waals surface area contributed by atoms with Gasteiger partial charge < -0.3 is 25.2 Å². The van der Waals surface area contributed by atoms with Crippen LogP contribution in [-0.4, -0.2) is 34.5 Å². The zero-order valence-electron chi connectivity index (χ0n) is 24.4. The number of urea groups is 1. The monoisotopic (exact) mass is 625 g/mol. The number of nitrogens with zero attached hydrogens (tertiary/aromatic N) is 1. The van der Waals surface area contributed by atoms with Gasteiger partial charge in [-0.05, 0) is 46.9 Å². The van der Waals surface area contributed by atoms with Crippen molar-refractivity contribution in [1.82, 2.24) is 15.6 Å². The molecule has 6 rings (SSSR count). The lowest BCUT2D eigenvalue weighted by atomic mass is 9.98. The predicted molar refractivity (Wildman–Crippen MR) is 177 cm³/mol. The number of para-hydroxylation sites is 1. The lowest BCUT2D eigenvalue weighted by Crippen LogP contribution is -2.34. The molecule has 2 amide bonds. The number of ether oxygens (including phenoxy) is 2. The highest BCUT2D eigenvalue weighted by molar-refractivity contribution is 8.01. The first-order valence-corrected chi connectivity index (χ1v) is 16.6. The SMILES string of the molecule is CCNC(=O)NCc1ccccc1-c1ccc([C@H]2O[C@@H](CSc3nc4ccccc4s3)C[C@@H](c3ccc(CO)cc3)O2)cc1. The second-order valence-corrected chi connectivity index (χ2v) is 12.9. The molecular formula is C35H35N3O4S2. The van der Waals surface area contributed by atoms with Crippen LogP contribution in [0.1, 0.15) is 48.0 Å². The van der Waals surface area contributed by atoms with E-state index in [1.807, 2.05) is 67.6 Å². The Morgan fingerprint density at radius 2 is 1.68 bits per heavy atom. The standard InChI is InChI=1S/C35H35N3O4S2/c1-2-36-34(40)37-20-27-7-3-4-8-29(27)24-15-17-26(18-16-24)33-41-28(19-31(42-33)25-13-11-23(21-39)12-14-25)22-43-35-38-30-9-5-6-10-32(30)44-35/h3-18,28,31,33,39H,2,19-22H2,1H3,(H2,36,37,40)/t28-,31+,33+/m1/s1. The zero-order valence-corrected chi connectivity index (χ0v) is 26.1. The van der Waals surface area contributed by atoms with E-state index in [4.69, 9.17) is 14.5 Å². The Bertz CT molecular complexity index is 1660. The minimum absolute atomic E-state index is 0.0104. The Labute approximate surface area is 265 Å². The molecule has 7 nitrogen and oxygen atoms in total. The van der Waals surface area contributed by atoms with E-state index in [1.165, 1.54) is 4.70 Å². The van der Waals surface area contributed by atoms with Gasteiger partial charge in [0.15, 0.2) is 10.6 Å². The highest BCUT2D eigenvalue weighted by atomic mass is 32.2. The zero-order chi connectivity index (χ0) is 30.3. The molecule has 0 spiro atoms. The number of aliphatic hydroxyl groups excluding tert-OH is 1. The number of hydrogen-bond donors (Lipinski definition) is 3. The van der Waals surface area contributed by atoms with E-state index in [0.29, 0.717) is 13.1 Å². The van der Waals surface area contributed by atoms with E-state index in [0.717, 1.165) is 55.4 Å². The van der Waals surface area contributed by atoms with Crippen molar-refractivity contribution >= 4 is 39.3 Å². The molecule has 1 aromatic heterocycles. The Kier molecular flexibility index (Phi) is 9.89. The van der Waals surface area contributed by atoms with Gasteiger partial charge in [0.25, 0.3) is 0 Å². The molecule has 1 saturated heterocycles. The largest absolute Gasteiger partial charge is 0.392 e. The van der Waals surface area contributed by atoms with Crippen molar-refractivity contribution in [1.29, 1.82) is 0 Å². The van der Waals surface area contributed by atoms with Gasteiger partial charge in [-0.3, -0.25) is 0 Å². The quantitative estimate of drug-likeness (QED) is 0.138. The third kappa shape index (κ3) is 7.31. The maximum absolute atomic E-state index is 12.0. The maximum Gasteiger partial charge on any atom is 0.315 e. The number of hydrogen-bond acceptors (Lipinski definition) is 7. The normalized spacial score (nSPS) is 18.3. The number of rotatable bonds is 10. The number of carbonyl (C=O) groups excluding carboxylic acids is 1. The molecule has 3 N–H and O–H groups in total. The lowest BCUT2D eigenvalue weighted by Gasteiger charge is -2.36. The Hall–Kier alpha value is -3.73. The third-order valence-electron chi connectivity index (χ3n) is 7.57. The molecular weight excluding hydrogens is 591 g/mol. The minimum Gasteiger partial charge on any atom is -0.392 e. The van der Waals surface area contributed by atoms with Crippen LogP contribution in [0.5, 0.6) is 0 Å². The number of aromatic nitrogens is 1. The summed E-state index contributed by atoms with van der Waals surface area (Å²) in [4.78, 5) is 16.8. The van der Waals surface area contributed by atoms with E-state index < -0.39 is 6.29 Å². The van der Waals surface area contributed by atoms with Gasteiger partial charge >= 0.3 is 6.03 Å². The van der Waals surface area contributed by atoms with Crippen molar-refractivity contribution in [3.63, 3.8) is 0 Å². The number of carbonyl (C=O) groups is 1. The van der Waals surface area contributed by atoms with Crippen molar-refractivity contribution in [2.45, 2.75) is 49.3 Å². The first kappa shape index (κ1) is 30.3. The number of amides is 2. The van der Waals surface area contributed by atoms with Crippen molar-refractivity contribution in [3.8, 4) is 11.1 Å². The van der Waals surface area contributed by atoms with Gasteiger partial charge in [0, 0.05) is 30.8 Å². The molecule has 226 valence electrons. The van der Waals surface area contributed by atoms with Crippen LogP contribution in [0.2, 0.25) is 0 Å². The van der Waals surface area contributed by atoms with Crippen LogP contribution in [0.3, 0.4) is 0 Å². The van der Waals surface area contributed by atoms with Gasteiger partial charge in [0.05, 0.1) is 29.0 Å². The summed E-state index contributed by atoms with van der Waals surface area (Å²) in [7, 11) is 0. The number of aliphatic hydroxyl groups is 1. The summed E-state index contributed by atoms with van der Waals surface area (Å²) >= 11 is 3.43. The summed E-state index contributed by atoms with van der Waals surface area (Å²) in [6.45, 7) is 2.92. The van der Waals surface area contributed by atoms with E-state index in [9.17, 15) is 9.90 Å². The van der Waals surface area contributed by atoms with Gasteiger partial charge in [-0.2, -0.15) is 0 Å². The third-order valence-corrected chi connectivity index (χ3v) is 9.88. The van der Waals surface area contributed by atoms with E-state index in [2.05, 4.69) is 47.0 Å². The molecule has 1 fully saturated rings. The molecule has 3 atom stereocenters. The van der Waals surface area contributed by atoms with Crippen LogP contribution in [0.4, 0.5) is 4.79 Å². The van der Waals surface area contributed by atoms with Crippen molar-refractivity contribution in [3.05, 3.63) is 119 Å². The van der Waals surface area contributed by atoms with Crippen LogP contribution < -0.4 is 10.6 Å². The molecule has 1 aliphatic rings. The summed E-state index contributed by atoms with van der Waals surface area (Å²) in [5.74, 6) is 0.759. The van der Waals surface area contributed by atoms with Gasteiger partial charge in [-0.25, -0.2) is 9.78 Å². The molecule has 0 aliphatic carbocycles. The smallest absolute Gasteiger partial charge is 0.315 e. The maximum atomic E-state index is 12.0.